The van der Waals surface area contributed by atoms with Crippen molar-refractivity contribution in [2.24, 2.45) is 23.5 Å². The minimum absolute atomic E-state index is 0.232. The second-order valence-electron chi connectivity index (χ2n) is 7.00. The number of likely N-dealkylation sites (N-methyl/N-ethyl adjacent to an activating group) is 1. The van der Waals surface area contributed by atoms with Crippen LogP contribution in [0.5, 0.6) is 0 Å². The number of hydrogen-bond donors (Lipinski definition) is 1. The van der Waals surface area contributed by atoms with Gasteiger partial charge < -0.3 is 5.73 Å². The summed E-state index contributed by atoms with van der Waals surface area (Å²) in [5.74, 6) is 2.17. The highest BCUT2D eigenvalue weighted by molar-refractivity contribution is 5.01. The van der Waals surface area contributed by atoms with Gasteiger partial charge in [0, 0.05) is 18.1 Å². The molecule has 1 saturated carbocycles. The van der Waals surface area contributed by atoms with Gasteiger partial charge in [0.25, 0.3) is 0 Å². The van der Waals surface area contributed by atoms with Crippen LogP contribution in [0.1, 0.15) is 60.3 Å². The maximum Gasteiger partial charge on any atom is 0.0362 e. The Hall–Kier alpha value is -0.0800. The highest BCUT2D eigenvalue weighted by Gasteiger charge is 2.45. The maximum atomic E-state index is 6.26. The topological polar surface area (TPSA) is 29.3 Å². The lowest BCUT2D eigenvalue weighted by Gasteiger charge is -2.54. The Labute approximate surface area is 114 Å². The van der Waals surface area contributed by atoms with Gasteiger partial charge >= 0.3 is 0 Å². The fourth-order valence-corrected chi connectivity index (χ4v) is 3.89. The summed E-state index contributed by atoms with van der Waals surface area (Å²) in [5.41, 5.74) is 6.50. The summed E-state index contributed by atoms with van der Waals surface area (Å²) in [7, 11) is 2.30. The summed E-state index contributed by atoms with van der Waals surface area (Å²) in [6, 6.07) is 0.605. The van der Waals surface area contributed by atoms with Crippen LogP contribution in [-0.2, 0) is 0 Å². The van der Waals surface area contributed by atoms with Crippen molar-refractivity contribution >= 4 is 0 Å². The first-order valence-corrected chi connectivity index (χ1v) is 7.79. The van der Waals surface area contributed by atoms with Crippen LogP contribution in [0.15, 0.2) is 0 Å². The van der Waals surface area contributed by atoms with Gasteiger partial charge in [0.1, 0.15) is 0 Å². The predicted octanol–water partition coefficient (Wildman–Crippen LogP) is 3.51. The molecule has 1 rings (SSSR count). The zero-order chi connectivity index (χ0) is 13.9. The van der Waals surface area contributed by atoms with Crippen molar-refractivity contribution in [2.45, 2.75) is 71.9 Å². The SMILES string of the molecule is CC(C)C(C)N(C)C1(CN)CCCCC1C(C)C. The van der Waals surface area contributed by atoms with Crippen LogP contribution in [0.2, 0.25) is 0 Å². The monoisotopic (exact) mass is 254 g/mol. The summed E-state index contributed by atoms with van der Waals surface area (Å²) < 4.78 is 0. The quantitative estimate of drug-likeness (QED) is 0.813. The molecule has 0 heterocycles. The molecule has 0 spiro atoms. The fourth-order valence-electron chi connectivity index (χ4n) is 3.89. The fraction of sp³-hybridized carbons (Fsp3) is 1.00. The van der Waals surface area contributed by atoms with E-state index in [1.807, 2.05) is 0 Å². The van der Waals surface area contributed by atoms with E-state index in [9.17, 15) is 0 Å². The minimum Gasteiger partial charge on any atom is -0.329 e. The predicted molar refractivity (Wildman–Crippen MR) is 80.6 cm³/mol. The Kier molecular flexibility index (Phi) is 5.67. The van der Waals surface area contributed by atoms with E-state index in [0.29, 0.717) is 12.0 Å². The Morgan fingerprint density at radius 2 is 1.78 bits per heavy atom. The van der Waals surface area contributed by atoms with Crippen LogP contribution in [0.25, 0.3) is 0 Å². The molecule has 2 nitrogen and oxygen atoms in total. The van der Waals surface area contributed by atoms with Crippen molar-refractivity contribution < 1.29 is 0 Å². The lowest BCUT2D eigenvalue weighted by Crippen LogP contribution is -2.62. The van der Waals surface area contributed by atoms with Gasteiger partial charge in [0.05, 0.1) is 0 Å². The number of nitrogens with zero attached hydrogens (tertiary/aromatic N) is 1. The molecule has 1 aliphatic carbocycles. The van der Waals surface area contributed by atoms with Gasteiger partial charge in [0.2, 0.25) is 0 Å². The van der Waals surface area contributed by atoms with Gasteiger partial charge in [-0.2, -0.15) is 0 Å². The first-order valence-electron chi connectivity index (χ1n) is 7.79. The van der Waals surface area contributed by atoms with E-state index >= 15 is 0 Å². The molecule has 2 heteroatoms. The highest BCUT2D eigenvalue weighted by Crippen LogP contribution is 2.42. The van der Waals surface area contributed by atoms with Crippen LogP contribution in [-0.4, -0.2) is 30.1 Å². The largest absolute Gasteiger partial charge is 0.329 e. The molecule has 18 heavy (non-hydrogen) atoms. The molecule has 0 amide bonds. The summed E-state index contributed by atoms with van der Waals surface area (Å²) in [6.07, 6.45) is 5.36. The van der Waals surface area contributed by atoms with E-state index in [4.69, 9.17) is 5.73 Å². The van der Waals surface area contributed by atoms with E-state index in [2.05, 4.69) is 46.6 Å². The molecule has 108 valence electrons. The number of nitrogens with two attached hydrogens (primary N) is 1. The molecule has 0 aromatic heterocycles. The van der Waals surface area contributed by atoms with E-state index in [1.54, 1.807) is 0 Å². The third-order valence-corrected chi connectivity index (χ3v) is 5.50. The van der Waals surface area contributed by atoms with Crippen molar-refractivity contribution in [3.63, 3.8) is 0 Å². The molecule has 0 aliphatic heterocycles. The average Bonchev–Trinajstić information content (AvgIpc) is 2.36. The number of hydrogen-bond acceptors (Lipinski definition) is 2. The van der Waals surface area contributed by atoms with Crippen molar-refractivity contribution in [3.8, 4) is 0 Å². The Balaban J connectivity index is 3.00. The Bertz CT molecular complexity index is 249. The molecule has 0 bridgehead atoms. The van der Waals surface area contributed by atoms with Crippen LogP contribution in [0.4, 0.5) is 0 Å². The molecule has 3 atom stereocenters. The smallest absolute Gasteiger partial charge is 0.0362 e. The first kappa shape index (κ1) is 16.0. The zero-order valence-electron chi connectivity index (χ0n) is 13.4. The van der Waals surface area contributed by atoms with Gasteiger partial charge in [-0.1, -0.05) is 40.5 Å². The highest BCUT2D eigenvalue weighted by atomic mass is 15.2. The normalized spacial score (nSPS) is 31.3. The minimum atomic E-state index is 0.232. The van der Waals surface area contributed by atoms with Crippen molar-refractivity contribution in [1.29, 1.82) is 0 Å². The lowest BCUT2D eigenvalue weighted by atomic mass is 9.66. The van der Waals surface area contributed by atoms with Crippen molar-refractivity contribution in [1.82, 2.24) is 4.90 Å². The average molecular weight is 254 g/mol. The molecule has 3 unspecified atom stereocenters. The van der Waals surface area contributed by atoms with E-state index in [1.165, 1.54) is 25.7 Å². The van der Waals surface area contributed by atoms with Crippen LogP contribution in [0, 0.1) is 17.8 Å². The third kappa shape index (κ3) is 2.91. The summed E-state index contributed by atoms with van der Waals surface area (Å²) in [4.78, 5) is 2.61. The number of rotatable bonds is 5. The summed E-state index contributed by atoms with van der Waals surface area (Å²) in [5, 5.41) is 0. The van der Waals surface area contributed by atoms with Gasteiger partial charge in [-0.05, 0) is 44.6 Å². The van der Waals surface area contributed by atoms with Crippen molar-refractivity contribution in [3.05, 3.63) is 0 Å². The van der Waals surface area contributed by atoms with Gasteiger partial charge in [-0.15, -0.1) is 0 Å². The van der Waals surface area contributed by atoms with Gasteiger partial charge in [-0.25, -0.2) is 0 Å². The van der Waals surface area contributed by atoms with Crippen molar-refractivity contribution in [2.75, 3.05) is 13.6 Å². The molecule has 0 aromatic rings. The van der Waals surface area contributed by atoms with E-state index < -0.39 is 0 Å². The zero-order valence-corrected chi connectivity index (χ0v) is 13.4. The molecular formula is C16H34N2. The Morgan fingerprint density at radius 1 is 1.17 bits per heavy atom. The van der Waals surface area contributed by atoms with Crippen LogP contribution in [0.3, 0.4) is 0 Å². The first-order chi connectivity index (χ1) is 8.36. The molecule has 1 fully saturated rings. The molecule has 2 N–H and O–H groups in total. The molecular weight excluding hydrogens is 220 g/mol. The summed E-state index contributed by atoms with van der Waals surface area (Å²) in [6.45, 7) is 12.5. The molecule has 1 aliphatic rings. The Morgan fingerprint density at radius 3 is 2.22 bits per heavy atom. The third-order valence-electron chi connectivity index (χ3n) is 5.50. The molecule has 0 aromatic carbocycles. The second-order valence-corrected chi connectivity index (χ2v) is 7.00. The summed E-state index contributed by atoms with van der Waals surface area (Å²) >= 11 is 0. The maximum absolute atomic E-state index is 6.26. The van der Waals surface area contributed by atoms with E-state index in [0.717, 1.165) is 18.4 Å². The molecule has 0 saturated heterocycles. The lowest BCUT2D eigenvalue weighted by molar-refractivity contribution is -0.0292. The van der Waals surface area contributed by atoms with Gasteiger partial charge in [0.15, 0.2) is 0 Å². The van der Waals surface area contributed by atoms with Gasteiger partial charge in [-0.3, -0.25) is 4.90 Å². The van der Waals surface area contributed by atoms with Crippen LogP contribution < -0.4 is 5.73 Å². The standard InChI is InChI=1S/C16H34N2/c1-12(2)14(5)18(6)16(11-17)10-8-7-9-15(16)13(3)4/h12-15H,7-11,17H2,1-6H3. The molecule has 0 radical (unpaired) electrons. The van der Waals surface area contributed by atoms with E-state index in [-0.39, 0.29) is 5.54 Å². The van der Waals surface area contributed by atoms with Crippen LogP contribution >= 0.6 is 0 Å². The second kappa shape index (κ2) is 6.38.